The highest BCUT2D eigenvalue weighted by Crippen LogP contribution is 2.27. The van der Waals surface area contributed by atoms with Crippen molar-refractivity contribution in [2.45, 2.75) is 19.5 Å². The molecule has 0 saturated carbocycles. The number of nitrogens with one attached hydrogen (secondary N) is 1. The highest BCUT2D eigenvalue weighted by Gasteiger charge is 2.34. The Hall–Kier alpha value is -1.02. The van der Waals surface area contributed by atoms with Crippen LogP contribution in [0.25, 0.3) is 0 Å². The van der Waals surface area contributed by atoms with Gasteiger partial charge in [0, 0.05) is 18.7 Å². The summed E-state index contributed by atoms with van der Waals surface area (Å²) >= 11 is 1.29. The second-order valence-corrected chi connectivity index (χ2v) is 5.68. The van der Waals surface area contributed by atoms with Gasteiger partial charge in [-0.05, 0) is 37.3 Å². The van der Waals surface area contributed by atoms with Crippen LogP contribution in [-0.2, 0) is 0 Å². The second-order valence-electron chi connectivity index (χ2n) is 4.91. The molecule has 0 amide bonds. The Morgan fingerprint density at radius 1 is 1.53 bits per heavy atom. The third-order valence-corrected chi connectivity index (χ3v) is 4.21. The molecular weight excluding hydrogens is 277 g/mol. The van der Waals surface area contributed by atoms with Crippen LogP contribution in [-0.4, -0.2) is 41.6 Å². The number of anilines is 2. The fraction of sp³-hybridized carbons (Fsp3) is 0.727. The molecule has 0 aromatic carbocycles. The van der Waals surface area contributed by atoms with Crippen molar-refractivity contribution in [1.82, 2.24) is 9.27 Å². The van der Waals surface area contributed by atoms with Crippen LogP contribution in [0, 0.1) is 12.8 Å². The van der Waals surface area contributed by atoms with Gasteiger partial charge in [-0.1, -0.05) is 0 Å². The monoisotopic (exact) mass is 294 g/mol. The Kier molecular flexibility index (Phi) is 4.19. The molecule has 0 aliphatic carbocycles. The van der Waals surface area contributed by atoms with E-state index in [4.69, 9.17) is 5.73 Å². The fourth-order valence-electron chi connectivity index (χ4n) is 2.23. The molecular formula is C11H17F3N4S. The van der Waals surface area contributed by atoms with Gasteiger partial charge in [-0.25, -0.2) is 0 Å². The van der Waals surface area contributed by atoms with Crippen molar-refractivity contribution in [3.05, 3.63) is 5.56 Å². The normalized spacial score (nSPS) is 20.9. The van der Waals surface area contributed by atoms with Gasteiger partial charge in [0.15, 0.2) is 0 Å². The maximum Gasteiger partial charge on any atom is 0.401 e. The summed E-state index contributed by atoms with van der Waals surface area (Å²) in [5.41, 5.74) is 6.55. The SMILES string of the molecule is Cc1c(N)nsc1NCC1CCN(CC(F)(F)F)C1. The molecule has 1 aliphatic rings. The van der Waals surface area contributed by atoms with Crippen LogP contribution in [0.15, 0.2) is 0 Å². The molecule has 19 heavy (non-hydrogen) atoms. The Morgan fingerprint density at radius 3 is 2.84 bits per heavy atom. The second kappa shape index (κ2) is 5.54. The van der Waals surface area contributed by atoms with Gasteiger partial charge in [0.1, 0.15) is 10.8 Å². The molecule has 4 nitrogen and oxygen atoms in total. The number of aromatic nitrogens is 1. The number of hydrogen-bond acceptors (Lipinski definition) is 5. The van der Waals surface area contributed by atoms with Crippen molar-refractivity contribution >= 4 is 22.4 Å². The van der Waals surface area contributed by atoms with Crippen LogP contribution in [0.4, 0.5) is 24.0 Å². The number of nitrogen functional groups attached to an aromatic ring is 1. The summed E-state index contributed by atoms with van der Waals surface area (Å²) in [6.45, 7) is 2.73. The van der Waals surface area contributed by atoms with Crippen LogP contribution in [0.3, 0.4) is 0 Å². The molecule has 3 N–H and O–H groups in total. The Labute approximate surface area is 113 Å². The van der Waals surface area contributed by atoms with Crippen LogP contribution in [0.2, 0.25) is 0 Å². The van der Waals surface area contributed by atoms with Gasteiger partial charge in [-0.15, -0.1) is 0 Å². The van der Waals surface area contributed by atoms with E-state index in [1.807, 2.05) is 6.92 Å². The summed E-state index contributed by atoms with van der Waals surface area (Å²) in [7, 11) is 0. The minimum atomic E-state index is -4.11. The topological polar surface area (TPSA) is 54.2 Å². The molecule has 0 bridgehead atoms. The largest absolute Gasteiger partial charge is 0.401 e. The molecule has 0 spiro atoms. The van der Waals surface area contributed by atoms with Crippen molar-refractivity contribution in [3.63, 3.8) is 0 Å². The van der Waals surface area contributed by atoms with Gasteiger partial charge in [-0.2, -0.15) is 17.5 Å². The summed E-state index contributed by atoms with van der Waals surface area (Å²) in [6, 6.07) is 0. The van der Waals surface area contributed by atoms with E-state index < -0.39 is 12.7 Å². The maximum atomic E-state index is 12.3. The number of hydrogen-bond donors (Lipinski definition) is 2. The van der Waals surface area contributed by atoms with E-state index in [0.29, 0.717) is 25.5 Å². The number of likely N-dealkylation sites (tertiary alicyclic amines) is 1. The Morgan fingerprint density at radius 2 is 2.26 bits per heavy atom. The zero-order valence-electron chi connectivity index (χ0n) is 10.6. The Balaban J connectivity index is 1.78. The van der Waals surface area contributed by atoms with Crippen molar-refractivity contribution in [1.29, 1.82) is 0 Å². The van der Waals surface area contributed by atoms with Gasteiger partial charge < -0.3 is 11.1 Å². The van der Waals surface area contributed by atoms with Gasteiger partial charge in [0.05, 0.1) is 6.54 Å². The smallest absolute Gasteiger partial charge is 0.383 e. The minimum Gasteiger partial charge on any atom is -0.383 e. The predicted molar refractivity (Wildman–Crippen MR) is 70.4 cm³/mol. The third-order valence-electron chi connectivity index (χ3n) is 3.28. The van der Waals surface area contributed by atoms with Crippen molar-refractivity contribution in [2.75, 3.05) is 37.2 Å². The first-order valence-electron chi connectivity index (χ1n) is 6.10. The molecule has 2 rings (SSSR count). The van der Waals surface area contributed by atoms with E-state index in [9.17, 15) is 13.2 Å². The molecule has 1 atom stereocenters. The average molecular weight is 294 g/mol. The Bertz CT molecular complexity index is 432. The van der Waals surface area contributed by atoms with Crippen molar-refractivity contribution in [2.24, 2.45) is 5.92 Å². The summed E-state index contributed by atoms with van der Waals surface area (Å²) < 4.78 is 40.8. The summed E-state index contributed by atoms with van der Waals surface area (Å²) in [5.74, 6) is 0.752. The first kappa shape index (κ1) is 14.4. The number of nitrogens with zero attached hydrogens (tertiary/aromatic N) is 2. The molecule has 8 heteroatoms. The molecule has 1 saturated heterocycles. The zero-order chi connectivity index (χ0) is 14.0. The molecule has 108 valence electrons. The van der Waals surface area contributed by atoms with Crippen molar-refractivity contribution in [3.8, 4) is 0 Å². The van der Waals surface area contributed by atoms with Crippen LogP contribution >= 0.6 is 11.5 Å². The molecule has 1 aromatic heterocycles. The molecule has 1 fully saturated rings. The highest BCUT2D eigenvalue weighted by atomic mass is 32.1. The van der Waals surface area contributed by atoms with Gasteiger partial charge in [-0.3, -0.25) is 4.90 Å². The highest BCUT2D eigenvalue weighted by molar-refractivity contribution is 7.10. The lowest BCUT2D eigenvalue weighted by atomic mass is 10.1. The molecule has 1 aliphatic heterocycles. The maximum absolute atomic E-state index is 12.3. The number of rotatable bonds is 4. The third kappa shape index (κ3) is 3.97. The van der Waals surface area contributed by atoms with Gasteiger partial charge in [0.2, 0.25) is 0 Å². The van der Waals surface area contributed by atoms with Crippen LogP contribution in [0.5, 0.6) is 0 Å². The standard InChI is InChI=1S/C11H17F3N4S/c1-7-9(15)17-19-10(7)16-4-8-2-3-18(5-8)6-11(12,13)14/h8,16H,2-6H2,1H3,(H2,15,17). The summed E-state index contributed by atoms with van der Waals surface area (Å²) in [4.78, 5) is 1.46. The number of alkyl halides is 3. The lowest BCUT2D eigenvalue weighted by Crippen LogP contribution is -2.33. The quantitative estimate of drug-likeness (QED) is 0.895. The number of halogens is 3. The zero-order valence-corrected chi connectivity index (χ0v) is 11.4. The molecule has 0 radical (unpaired) electrons. The minimum absolute atomic E-state index is 0.241. The molecule has 1 aromatic rings. The lowest BCUT2D eigenvalue weighted by molar-refractivity contribution is -0.143. The van der Waals surface area contributed by atoms with E-state index in [2.05, 4.69) is 9.69 Å². The van der Waals surface area contributed by atoms with E-state index in [1.54, 1.807) is 0 Å². The molecule has 1 unspecified atom stereocenters. The van der Waals surface area contributed by atoms with E-state index in [-0.39, 0.29) is 5.92 Å². The van der Waals surface area contributed by atoms with Crippen molar-refractivity contribution < 1.29 is 13.2 Å². The van der Waals surface area contributed by atoms with E-state index in [1.165, 1.54) is 16.4 Å². The lowest BCUT2D eigenvalue weighted by Gasteiger charge is -2.18. The predicted octanol–water partition coefficient (Wildman–Crippen LogP) is 2.33. The van der Waals surface area contributed by atoms with Gasteiger partial charge in [0.25, 0.3) is 0 Å². The van der Waals surface area contributed by atoms with Gasteiger partial charge >= 0.3 is 6.18 Å². The van der Waals surface area contributed by atoms with E-state index >= 15 is 0 Å². The van der Waals surface area contributed by atoms with Crippen LogP contribution in [0.1, 0.15) is 12.0 Å². The summed E-state index contributed by atoms with van der Waals surface area (Å²) in [6.07, 6.45) is -3.32. The fourth-order valence-corrected chi connectivity index (χ4v) is 2.94. The average Bonchev–Trinajstić information content (AvgIpc) is 2.84. The summed E-state index contributed by atoms with van der Waals surface area (Å²) in [5, 5.41) is 4.14. The van der Waals surface area contributed by atoms with Crippen LogP contribution < -0.4 is 11.1 Å². The number of nitrogens with two attached hydrogens (primary N) is 1. The molecule has 2 heterocycles. The van der Waals surface area contributed by atoms with E-state index in [0.717, 1.165) is 17.0 Å². The first-order chi connectivity index (χ1) is 8.85. The first-order valence-corrected chi connectivity index (χ1v) is 6.87.